The summed E-state index contributed by atoms with van der Waals surface area (Å²) in [6, 6.07) is 0. The zero-order chi connectivity index (χ0) is 38.3. The van der Waals surface area contributed by atoms with Crippen molar-refractivity contribution in [3.8, 4) is 0 Å². The summed E-state index contributed by atoms with van der Waals surface area (Å²) in [5.41, 5.74) is -1.62. The summed E-state index contributed by atoms with van der Waals surface area (Å²) in [5, 5.41) is 93.5. The third-order valence-corrected chi connectivity index (χ3v) is 4.59. The summed E-state index contributed by atoms with van der Waals surface area (Å²) in [4.78, 5) is 47.8. The number of aliphatic carboxylic acids is 5. The van der Waals surface area contributed by atoms with E-state index in [-0.39, 0.29) is 41.9 Å². The minimum absolute atomic E-state index is 0.141. The zero-order valence-electron chi connectivity index (χ0n) is 27.1. The molecule has 0 aliphatic rings. The Labute approximate surface area is 268 Å². The van der Waals surface area contributed by atoms with Crippen molar-refractivity contribution in [3.63, 3.8) is 0 Å². The summed E-state index contributed by atoms with van der Waals surface area (Å²) in [6.07, 6.45) is 0.222. The molecule has 11 N–H and O–H groups in total. The standard InChI is InChI=1S/C10H22O7.4C4H6O2.C3H6O2/c11-1-9(2-12,3-13)7-17-8-10(4-14,5-15)6-16;4*1-3(2)4(5)6;1-2-3(4)5/h11-16H,1-8H2;4*1H2,2H3,(H,5,6);2H2,1H3,(H,4,5). The molecule has 0 atom stereocenters. The van der Waals surface area contributed by atoms with Crippen molar-refractivity contribution in [3.05, 3.63) is 48.6 Å². The minimum Gasteiger partial charge on any atom is -0.481 e. The molecule has 0 aliphatic carbocycles. The average molecular weight is 673 g/mol. The van der Waals surface area contributed by atoms with Gasteiger partial charge in [0.25, 0.3) is 0 Å². The second-order valence-corrected chi connectivity index (χ2v) is 9.53. The van der Waals surface area contributed by atoms with Crippen LogP contribution in [-0.2, 0) is 28.7 Å². The van der Waals surface area contributed by atoms with Gasteiger partial charge in [-0.15, -0.1) is 0 Å². The molecule has 17 nitrogen and oxygen atoms in total. The van der Waals surface area contributed by atoms with Crippen LogP contribution in [0.1, 0.15) is 41.0 Å². The quantitative estimate of drug-likeness (QED) is 0.102. The fraction of sp³-hybridized carbons (Fsp3) is 0.552. The van der Waals surface area contributed by atoms with Crippen LogP contribution >= 0.6 is 0 Å². The Bertz CT molecular complexity index is 765. The molecule has 0 heterocycles. The highest BCUT2D eigenvalue weighted by Gasteiger charge is 2.32. The largest absolute Gasteiger partial charge is 0.481 e. The maximum Gasteiger partial charge on any atom is 0.330 e. The van der Waals surface area contributed by atoms with Crippen molar-refractivity contribution < 1.29 is 84.9 Å². The molecule has 0 amide bonds. The van der Waals surface area contributed by atoms with Gasteiger partial charge in [0.1, 0.15) is 0 Å². The van der Waals surface area contributed by atoms with E-state index in [1.54, 1.807) is 6.92 Å². The number of carboxylic acid groups (broad SMARTS) is 5. The van der Waals surface area contributed by atoms with Crippen LogP contribution < -0.4 is 0 Å². The van der Waals surface area contributed by atoms with Gasteiger partial charge >= 0.3 is 29.8 Å². The first kappa shape index (κ1) is 54.5. The van der Waals surface area contributed by atoms with E-state index < -0.39 is 80.3 Å². The Morgan fingerprint density at radius 1 is 0.478 bits per heavy atom. The predicted octanol–water partition coefficient (Wildman–Crippen LogP) is -0.001000. The molecule has 0 aromatic heterocycles. The van der Waals surface area contributed by atoms with Gasteiger partial charge in [-0.1, -0.05) is 33.2 Å². The number of aliphatic hydroxyl groups excluding tert-OH is 6. The molecule has 0 unspecified atom stereocenters. The van der Waals surface area contributed by atoms with Gasteiger partial charge in [-0.25, -0.2) is 19.2 Å². The van der Waals surface area contributed by atoms with Gasteiger partial charge in [-0.2, -0.15) is 0 Å². The number of carboxylic acids is 5. The lowest BCUT2D eigenvalue weighted by Crippen LogP contribution is -2.43. The third-order valence-electron chi connectivity index (χ3n) is 4.59. The van der Waals surface area contributed by atoms with Gasteiger partial charge in [0.15, 0.2) is 0 Å². The molecule has 0 saturated heterocycles. The highest BCUT2D eigenvalue weighted by Crippen LogP contribution is 2.19. The first-order valence-corrected chi connectivity index (χ1v) is 12.9. The number of hydrogen-bond acceptors (Lipinski definition) is 12. The predicted molar refractivity (Wildman–Crippen MR) is 166 cm³/mol. The highest BCUT2D eigenvalue weighted by molar-refractivity contribution is 5.85. The average Bonchev–Trinajstić information content (AvgIpc) is 2.99. The lowest BCUT2D eigenvalue weighted by Gasteiger charge is -2.31. The summed E-state index contributed by atoms with van der Waals surface area (Å²) in [6.45, 7) is 17.0. The lowest BCUT2D eigenvalue weighted by atomic mass is 9.91. The van der Waals surface area contributed by atoms with Gasteiger partial charge < -0.3 is 60.9 Å². The van der Waals surface area contributed by atoms with Crippen LogP contribution in [-0.4, -0.2) is 139 Å². The van der Waals surface area contributed by atoms with E-state index in [0.717, 1.165) is 0 Å². The monoisotopic (exact) mass is 672 g/mol. The topological polar surface area (TPSA) is 317 Å². The van der Waals surface area contributed by atoms with Crippen LogP contribution in [0, 0.1) is 10.8 Å². The Morgan fingerprint density at radius 3 is 0.674 bits per heavy atom. The minimum atomic E-state index is -1.16. The van der Waals surface area contributed by atoms with Crippen LogP contribution in [0.4, 0.5) is 0 Å². The first-order chi connectivity index (χ1) is 20.9. The molecule has 0 rings (SSSR count). The van der Waals surface area contributed by atoms with Crippen LogP contribution in [0.3, 0.4) is 0 Å². The van der Waals surface area contributed by atoms with E-state index in [9.17, 15) is 24.0 Å². The van der Waals surface area contributed by atoms with E-state index in [2.05, 4.69) is 26.3 Å². The van der Waals surface area contributed by atoms with Crippen molar-refractivity contribution in [2.24, 2.45) is 10.8 Å². The van der Waals surface area contributed by atoms with Gasteiger partial charge in [-0.05, 0) is 27.7 Å². The molecule has 270 valence electrons. The fourth-order valence-electron chi connectivity index (χ4n) is 1.06. The van der Waals surface area contributed by atoms with Gasteiger partial charge in [0.2, 0.25) is 0 Å². The van der Waals surface area contributed by atoms with E-state index in [1.165, 1.54) is 27.7 Å². The zero-order valence-corrected chi connectivity index (χ0v) is 27.1. The van der Waals surface area contributed by atoms with Crippen LogP contribution in [0.5, 0.6) is 0 Å². The van der Waals surface area contributed by atoms with Gasteiger partial charge in [0, 0.05) is 28.7 Å². The van der Waals surface area contributed by atoms with Crippen molar-refractivity contribution in [1.82, 2.24) is 0 Å². The summed E-state index contributed by atoms with van der Waals surface area (Å²) >= 11 is 0. The Balaban J connectivity index is -0.000000115. The number of hydrogen-bond donors (Lipinski definition) is 11. The van der Waals surface area contributed by atoms with E-state index in [0.29, 0.717) is 0 Å². The second-order valence-electron chi connectivity index (χ2n) is 9.53. The van der Waals surface area contributed by atoms with Crippen molar-refractivity contribution in [2.45, 2.75) is 41.0 Å². The Hall–Kier alpha value is -3.97. The SMILES string of the molecule is C=C(C)C(=O)O.C=C(C)C(=O)O.C=C(C)C(=O)O.C=C(C)C(=O)O.CCC(=O)O.OCC(CO)(CO)COCC(CO)(CO)CO. The lowest BCUT2D eigenvalue weighted by molar-refractivity contribution is -0.137. The molecule has 0 saturated carbocycles. The molecule has 0 spiro atoms. The molecular weight excluding hydrogens is 620 g/mol. The molecule has 0 aliphatic heterocycles. The van der Waals surface area contributed by atoms with Crippen LogP contribution in [0.15, 0.2) is 48.6 Å². The van der Waals surface area contributed by atoms with Crippen molar-refractivity contribution in [1.29, 1.82) is 0 Å². The summed E-state index contributed by atoms with van der Waals surface area (Å²) in [5.74, 6) is -4.49. The maximum absolute atomic E-state index is 9.60. The molecular formula is C29H52O17. The fourth-order valence-corrected chi connectivity index (χ4v) is 1.06. The third kappa shape index (κ3) is 38.1. The first-order valence-electron chi connectivity index (χ1n) is 12.9. The molecule has 17 heteroatoms. The van der Waals surface area contributed by atoms with E-state index in [1.807, 2.05) is 0 Å². The smallest absolute Gasteiger partial charge is 0.330 e. The van der Waals surface area contributed by atoms with Crippen LogP contribution in [0.2, 0.25) is 0 Å². The van der Waals surface area contributed by atoms with Crippen molar-refractivity contribution in [2.75, 3.05) is 52.9 Å². The molecule has 0 aromatic rings. The second kappa shape index (κ2) is 32.4. The van der Waals surface area contributed by atoms with Crippen LogP contribution in [0.25, 0.3) is 0 Å². The van der Waals surface area contributed by atoms with E-state index >= 15 is 0 Å². The van der Waals surface area contributed by atoms with Crippen molar-refractivity contribution >= 4 is 29.8 Å². The molecule has 0 radical (unpaired) electrons. The molecule has 46 heavy (non-hydrogen) atoms. The maximum atomic E-state index is 9.60. The number of carbonyl (C=O) groups is 5. The van der Waals surface area contributed by atoms with Gasteiger partial charge in [0.05, 0.1) is 63.7 Å². The highest BCUT2D eigenvalue weighted by atomic mass is 16.5. The molecule has 0 bridgehead atoms. The summed E-state index contributed by atoms with van der Waals surface area (Å²) < 4.78 is 5.15. The Kier molecular flexibility index (Phi) is 38.4. The number of ether oxygens (including phenoxy) is 1. The summed E-state index contributed by atoms with van der Waals surface area (Å²) in [7, 11) is 0. The number of aliphatic hydroxyl groups is 6. The molecule has 0 fully saturated rings. The van der Waals surface area contributed by atoms with Gasteiger partial charge in [-0.3, -0.25) is 4.79 Å². The normalized spacial score (nSPS) is 9.54. The molecule has 0 aromatic carbocycles. The van der Waals surface area contributed by atoms with E-state index in [4.69, 9.17) is 60.9 Å². The Morgan fingerprint density at radius 2 is 0.609 bits per heavy atom. The number of rotatable bonds is 15.